The van der Waals surface area contributed by atoms with Crippen molar-refractivity contribution in [1.82, 2.24) is 10.3 Å². The quantitative estimate of drug-likeness (QED) is 0.209. The van der Waals surface area contributed by atoms with E-state index in [2.05, 4.69) is 30.2 Å². The lowest BCUT2D eigenvalue weighted by Gasteiger charge is -2.06. The van der Waals surface area contributed by atoms with E-state index in [0.717, 1.165) is 47.1 Å². The molecule has 0 aliphatic carbocycles. The van der Waals surface area contributed by atoms with E-state index >= 15 is 0 Å². The number of pyridine rings is 1. The van der Waals surface area contributed by atoms with Crippen LogP contribution in [0.5, 0.6) is 5.88 Å². The molecule has 0 bridgehead atoms. The van der Waals surface area contributed by atoms with Gasteiger partial charge in [-0.25, -0.2) is 4.98 Å². The molecule has 31 heavy (non-hydrogen) atoms. The summed E-state index contributed by atoms with van der Waals surface area (Å²) in [5.41, 5.74) is 0.989. The maximum absolute atomic E-state index is 11.7. The molecule has 1 aromatic heterocycles. The minimum Gasteiger partial charge on any atom is -0.478 e. The highest BCUT2D eigenvalue weighted by molar-refractivity contribution is 6.31. The van der Waals surface area contributed by atoms with Crippen molar-refractivity contribution >= 4 is 28.3 Å². The van der Waals surface area contributed by atoms with E-state index < -0.39 is 0 Å². The van der Waals surface area contributed by atoms with Crippen molar-refractivity contribution in [3.63, 3.8) is 0 Å². The van der Waals surface area contributed by atoms with Crippen molar-refractivity contribution in [2.24, 2.45) is 5.92 Å². The fourth-order valence-corrected chi connectivity index (χ4v) is 3.30. The van der Waals surface area contributed by atoms with Gasteiger partial charge in [0, 0.05) is 35.3 Å². The molecule has 1 amide bonds. The van der Waals surface area contributed by atoms with Crippen molar-refractivity contribution in [2.75, 3.05) is 13.2 Å². The van der Waals surface area contributed by atoms with E-state index in [1.54, 1.807) is 6.08 Å². The minimum atomic E-state index is -0.0132. The predicted molar refractivity (Wildman–Crippen MR) is 131 cm³/mol. The number of hydrogen-bond acceptors (Lipinski definition) is 3. The van der Waals surface area contributed by atoms with Crippen LogP contribution in [0.3, 0.4) is 0 Å². The number of carbonyl (C=O) groups excluding carboxylic acids is 1. The average Bonchev–Trinajstić information content (AvgIpc) is 2.73. The lowest BCUT2D eigenvalue weighted by Crippen LogP contribution is -2.25. The van der Waals surface area contributed by atoms with Crippen LogP contribution in [0.4, 0.5) is 0 Å². The van der Waals surface area contributed by atoms with Crippen LogP contribution in [-0.4, -0.2) is 24.0 Å². The number of halogens is 1. The summed E-state index contributed by atoms with van der Waals surface area (Å²) in [6.45, 7) is 7.53. The maximum atomic E-state index is 11.7. The van der Waals surface area contributed by atoms with Gasteiger partial charge in [-0.2, -0.15) is 0 Å². The van der Waals surface area contributed by atoms with Crippen LogP contribution in [0.15, 0.2) is 54.3 Å². The summed E-state index contributed by atoms with van der Waals surface area (Å²) >= 11 is 6.05. The molecule has 2 aromatic rings. The Labute approximate surface area is 191 Å². The Morgan fingerprint density at radius 3 is 2.71 bits per heavy atom. The number of nitrogens with one attached hydrogen (secondary N) is 1. The normalized spacial score (nSPS) is 12.1. The lowest BCUT2D eigenvalue weighted by atomic mass is 10.1. The van der Waals surface area contributed by atoms with Crippen LogP contribution in [-0.2, 0) is 4.79 Å². The maximum Gasteiger partial charge on any atom is 0.244 e. The monoisotopic (exact) mass is 442 g/mol. The molecule has 1 heterocycles. The Balaban J connectivity index is 1.53. The molecule has 0 aliphatic heterocycles. The van der Waals surface area contributed by atoms with Crippen molar-refractivity contribution < 1.29 is 9.53 Å². The Morgan fingerprint density at radius 2 is 1.90 bits per heavy atom. The number of ether oxygens (including phenoxy) is 1. The summed E-state index contributed by atoms with van der Waals surface area (Å²) in [6, 6.07) is 7.70. The molecule has 0 atom stereocenters. The standard InChI is InChI=1S/C26H35ClN2O2/c1-20(2)18-28-25(30)15-21(3)11-9-7-5-4-6-8-10-14-31-26-17-23-16-24(27)13-12-22(23)19-29-26/h9,11-13,15-17,19-20H,4-8,10,14,18H2,1-3H3,(H,28,30)/b11-9+,21-15+. The predicted octanol–water partition coefficient (Wildman–Crippen LogP) is 6.88. The third kappa shape index (κ3) is 10.5. The molecular formula is C26H35ClN2O2. The van der Waals surface area contributed by atoms with Crippen molar-refractivity contribution in [2.45, 2.75) is 59.3 Å². The molecule has 168 valence electrons. The van der Waals surface area contributed by atoms with Crippen LogP contribution in [0.1, 0.15) is 59.3 Å². The first-order valence-electron chi connectivity index (χ1n) is 11.2. The molecular weight excluding hydrogens is 408 g/mol. The second kappa shape index (κ2) is 13.9. The summed E-state index contributed by atoms with van der Waals surface area (Å²) in [5.74, 6) is 1.11. The van der Waals surface area contributed by atoms with Crippen LogP contribution >= 0.6 is 11.6 Å². The third-order valence-corrected chi connectivity index (χ3v) is 5.08. The van der Waals surface area contributed by atoms with Crippen molar-refractivity contribution in [3.8, 4) is 5.88 Å². The van der Waals surface area contributed by atoms with E-state index in [9.17, 15) is 4.79 Å². The first-order valence-corrected chi connectivity index (χ1v) is 11.6. The largest absolute Gasteiger partial charge is 0.478 e. The summed E-state index contributed by atoms with van der Waals surface area (Å²) in [5, 5.41) is 5.73. The minimum absolute atomic E-state index is 0.0132. The van der Waals surface area contributed by atoms with Gasteiger partial charge >= 0.3 is 0 Å². The van der Waals surface area contributed by atoms with Gasteiger partial charge in [-0.15, -0.1) is 0 Å². The second-order valence-electron chi connectivity index (χ2n) is 8.35. The Hall–Kier alpha value is -2.33. The first-order chi connectivity index (χ1) is 14.9. The molecule has 0 spiro atoms. The zero-order chi connectivity index (χ0) is 22.5. The van der Waals surface area contributed by atoms with Crippen LogP contribution in [0.2, 0.25) is 5.02 Å². The summed E-state index contributed by atoms with van der Waals surface area (Å²) in [7, 11) is 0. The number of hydrogen-bond donors (Lipinski definition) is 1. The van der Waals surface area contributed by atoms with Crippen molar-refractivity contribution in [3.05, 3.63) is 59.3 Å². The summed E-state index contributed by atoms with van der Waals surface area (Å²) in [6.07, 6.45) is 14.5. The number of benzene rings is 1. The number of fused-ring (bicyclic) bond motifs is 1. The number of rotatable bonds is 13. The fourth-order valence-electron chi connectivity index (χ4n) is 3.12. The van der Waals surface area contributed by atoms with Gasteiger partial charge in [-0.05, 0) is 55.2 Å². The molecule has 1 aromatic carbocycles. The Morgan fingerprint density at radius 1 is 1.13 bits per heavy atom. The molecule has 0 fully saturated rings. The van der Waals surface area contributed by atoms with Gasteiger partial charge in [-0.3, -0.25) is 4.79 Å². The highest BCUT2D eigenvalue weighted by atomic mass is 35.5. The summed E-state index contributed by atoms with van der Waals surface area (Å²) in [4.78, 5) is 16.1. The average molecular weight is 443 g/mol. The molecule has 1 N–H and O–H groups in total. The number of carbonyl (C=O) groups is 1. The second-order valence-corrected chi connectivity index (χ2v) is 8.79. The topological polar surface area (TPSA) is 51.2 Å². The Kier molecular flexibility index (Phi) is 11.2. The van der Waals surface area contributed by atoms with Crippen LogP contribution in [0.25, 0.3) is 10.8 Å². The smallest absolute Gasteiger partial charge is 0.244 e. The van der Waals surface area contributed by atoms with E-state index in [-0.39, 0.29) is 5.91 Å². The molecule has 5 heteroatoms. The van der Waals surface area contributed by atoms with Gasteiger partial charge in [0.05, 0.1) is 6.61 Å². The highest BCUT2D eigenvalue weighted by Gasteiger charge is 2.01. The molecule has 0 radical (unpaired) electrons. The van der Waals surface area contributed by atoms with Gasteiger partial charge < -0.3 is 10.1 Å². The molecule has 0 saturated heterocycles. The summed E-state index contributed by atoms with van der Waals surface area (Å²) < 4.78 is 5.78. The van der Waals surface area contributed by atoms with Gasteiger partial charge in [0.25, 0.3) is 0 Å². The van der Waals surface area contributed by atoms with E-state index in [1.807, 2.05) is 43.5 Å². The fraction of sp³-hybridized carbons (Fsp3) is 0.462. The number of aromatic nitrogens is 1. The zero-order valence-electron chi connectivity index (χ0n) is 19.0. The SMILES string of the molecule is CC(/C=C/CCCCCCCOc1cc2cc(Cl)ccc2cn1)=C\C(=O)NCC(C)C. The molecule has 0 saturated carbocycles. The number of nitrogens with zero attached hydrogens (tertiary/aromatic N) is 1. The number of unbranched alkanes of at least 4 members (excludes halogenated alkanes) is 5. The Bertz CT molecular complexity index is 890. The molecule has 4 nitrogen and oxygen atoms in total. The lowest BCUT2D eigenvalue weighted by molar-refractivity contribution is -0.116. The van der Waals surface area contributed by atoms with Gasteiger partial charge in [0.15, 0.2) is 0 Å². The number of allylic oxidation sites excluding steroid dienone is 3. The van der Waals surface area contributed by atoms with Crippen LogP contribution in [0, 0.1) is 5.92 Å². The highest BCUT2D eigenvalue weighted by Crippen LogP contribution is 2.22. The molecule has 2 rings (SSSR count). The van der Waals surface area contributed by atoms with E-state index in [4.69, 9.17) is 16.3 Å². The van der Waals surface area contributed by atoms with Gasteiger partial charge in [0.1, 0.15) is 0 Å². The molecule has 0 unspecified atom stereocenters. The zero-order valence-corrected chi connectivity index (χ0v) is 19.8. The van der Waals surface area contributed by atoms with Crippen LogP contribution < -0.4 is 10.1 Å². The number of amides is 1. The molecule has 0 aliphatic rings. The van der Waals surface area contributed by atoms with Gasteiger partial charge in [-0.1, -0.05) is 62.9 Å². The first kappa shape index (κ1) is 24.9. The van der Waals surface area contributed by atoms with Crippen molar-refractivity contribution in [1.29, 1.82) is 0 Å². The van der Waals surface area contributed by atoms with E-state index in [0.29, 0.717) is 24.9 Å². The van der Waals surface area contributed by atoms with Gasteiger partial charge in [0.2, 0.25) is 11.8 Å². The van der Waals surface area contributed by atoms with E-state index in [1.165, 1.54) is 12.8 Å². The third-order valence-electron chi connectivity index (χ3n) is 4.85.